The van der Waals surface area contributed by atoms with Crippen molar-refractivity contribution >= 4 is 38.9 Å². The van der Waals surface area contributed by atoms with Gasteiger partial charge in [0.2, 0.25) is 0 Å². The van der Waals surface area contributed by atoms with Gasteiger partial charge in [-0.3, -0.25) is 0 Å². The van der Waals surface area contributed by atoms with Crippen molar-refractivity contribution in [2.45, 2.75) is 0 Å². The number of rotatable bonds is 3. The molecular formula is C36H24N2O. The van der Waals surface area contributed by atoms with Crippen molar-refractivity contribution in [2.75, 3.05) is 4.90 Å². The first-order valence-electron chi connectivity index (χ1n) is 13.2. The maximum absolute atomic E-state index is 6.47. The van der Waals surface area contributed by atoms with E-state index >= 15 is 0 Å². The first-order chi connectivity index (χ1) is 19.3. The van der Waals surface area contributed by atoms with Gasteiger partial charge in [-0.15, -0.1) is 0 Å². The minimum Gasteiger partial charge on any atom is -0.453 e. The minimum atomic E-state index is 0.849. The molecule has 184 valence electrons. The van der Waals surface area contributed by atoms with E-state index in [-0.39, 0.29) is 0 Å². The molecule has 0 radical (unpaired) electrons. The Morgan fingerprint density at radius 2 is 1.03 bits per heavy atom. The summed E-state index contributed by atoms with van der Waals surface area (Å²) in [7, 11) is 0. The number of ether oxygens (including phenoxy) is 1. The highest BCUT2D eigenvalue weighted by Gasteiger charge is 2.26. The van der Waals surface area contributed by atoms with Crippen LogP contribution in [0.3, 0.4) is 0 Å². The Balaban J connectivity index is 1.29. The molecule has 6 aromatic carbocycles. The highest BCUT2D eigenvalue weighted by Crippen LogP contribution is 2.51. The molecule has 39 heavy (non-hydrogen) atoms. The highest BCUT2D eigenvalue weighted by molar-refractivity contribution is 6.10. The van der Waals surface area contributed by atoms with Crippen LogP contribution in [0.4, 0.5) is 17.1 Å². The molecule has 0 unspecified atom stereocenters. The summed E-state index contributed by atoms with van der Waals surface area (Å²) >= 11 is 0. The van der Waals surface area contributed by atoms with Gasteiger partial charge in [0.05, 0.1) is 22.4 Å². The average Bonchev–Trinajstić information content (AvgIpc) is 3.34. The molecule has 3 heteroatoms. The van der Waals surface area contributed by atoms with Crippen molar-refractivity contribution in [3.63, 3.8) is 0 Å². The van der Waals surface area contributed by atoms with E-state index in [0.717, 1.165) is 39.7 Å². The van der Waals surface area contributed by atoms with Gasteiger partial charge in [-0.25, -0.2) is 0 Å². The molecule has 0 amide bonds. The second kappa shape index (κ2) is 8.64. The zero-order valence-corrected chi connectivity index (χ0v) is 21.2. The van der Waals surface area contributed by atoms with Gasteiger partial charge < -0.3 is 14.2 Å². The van der Waals surface area contributed by atoms with E-state index in [1.54, 1.807) is 0 Å². The summed E-state index contributed by atoms with van der Waals surface area (Å²) < 4.78 is 8.81. The molecule has 7 aromatic rings. The van der Waals surface area contributed by atoms with Gasteiger partial charge in [-0.05, 0) is 77.9 Å². The van der Waals surface area contributed by atoms with E-state index in [2.05, 4.69) is 137 Å². The Morgan fingerprint density at radius 1 is 0.410 bits per heavy atom. The molecule has 0 fully saturated rings. The largest absolute Gasteiger partial charge is 0.453 e. The second-order valence-corrected chi connectivity index (χ2v) is 9.84. The quantitative estimate of drug-likeness (QED) is 0.240. The molecule has 2 heterocycles. The van der Waals surface area contributed by atoms with Crippen molar-refractivity contribution in [3.8, 4) is 28.3 Å². The normalized spacial score (nSPS) is 12.3. The summed E-state index contributed by atoms with van der Waals surface area (Å²) in [6, 6.07) is 51.2. The number of anilines is 3. The fraction of sp³-hybridized carbons (Fsp3) is 0. The molecule has 1 aromatic heterocycles. The zero-order valence-electron chi connectivity index (χ0n) is 21.2. The minimum absolute atomic E-state index is 0.849. The van der Waals surface area contributed by atoms with E-state index in [9.17, 15) is 0 Å². The Bertz CT molecular complexity index is 1990. The van der Waals surface area contributed by atoms with Gasteiger partial charge >= 0.3 is 0 Å². The van der Waals surface area contributed by atoms with Crippen LogP contribution in [0.1, 0.15) is 0 Å². The van der Waals surface area contributed by atoms with Crippen molar-refractivity contribution in [3.05, 3.63) is 146 Å². The lowest BCUT2D eigenvalue weighted by molar-refractivity contribution is 0.477. The van der Waals surface area contributed by atoms with Gasteiger partial charge in [0, 0.05) is 22.1 Å². The number of fused-ring (bicyclic) bond motifs is 5. The lowest BCUT2D eigenvalue weighted by atomic mass is 10.0. The summed E-state index contributed by atoms with van der Waals surface area (Å²) in [6.07, 6.45) is 0. The van der Waals surface area contributed by atoms with Crippen LogP contribution in [-0.2, 0) is 0 Å². The molecule has 0 bridgehead atoms. The summed E-state index contributed by atoms with van der Waals surface area (Å²) in [6.45, 7) is 0. The smallest absolute Gasteiger partial charge is 0.152 e. The van der Waals surface area contributed by atoms with Crippen LogP contribution >= 0.6 is 0 Å². The van der Waals surface area contributed by atoms with Crippen LogP contribution in [0.2, 0.25) is 0 Å². The summed E-state index contributed by atoms with van der Waals surface area (Å²) in [5.74, 6) is 1.70. The summed E-state index contributed by atoms with van der Waals surface area (Å²) in [5.41, 5.74) is 9.04. The maximum atomic E-state index is 6.47. The molecule has 0 saturated carbocycles. The molecule has 3 nitrogen and oxygen atoms in total. The van der Waals surface area contributed by atoms with Crippen LogP contribution in [-0.4, -0.2) is 4.57 Å². The van der Waals surface area contributed by atoms with Crippen LogP contribution < -0.4 is 9.64 Å². The SMILES string of the molecule is c1ccc(N2c3ccccc3Oc3cc(-c4ccc5c(c4)c4ccccc4n5-c4ccccc4)ccc32)cc1. The predicted molar refractivity (Wildman–Crippen MR) is 161 cm³/mol. The highest BCUT2D eigenvalue weighted by atomic mass is 16.5. The molecule has 0 atom stereocenters. The van der Waals surface area contributed by atoms with Crippen LogP contribution in [0.25, 0.3) is 38.6 Å². The zero-order chi connectivity index (χ0) is 25.8. The van der Waals surface area contributed by atoms with Gasteiger partial charge in [-0.1, -0.05) is 78.9 Å². The summed E-state index contributed by atoms with van der Waals surface area (Å²) in [5, 5.41) is 2.48. The lowest BCUT2D eigenvalue weighted by Crippen LogP contribution is -2.15. The fourth-order valence-electron chi connectivity index (χ4n) is 5.80. The summed E-state index contributed by atoms with van der Waals surface area (Å²) in [4.78, 5) is 2.27. The molecule has 0 saturated heterocycles. The third kappa shape index (κ3) is 3.44. The van der Waals surface area contributed by atoms with E-state index in [0.29, 0.717) is 0 Å². The molecule has 0 spiro atoms. The topological polar surface area (TPSA) is 17.4 Å². The number of nitrogens with zero attached hydrogens (tertiary/aromatic N) is 2. The standard InChI is InChI=1S/C36H24N2O/c1-3-11-27(12-4-1)37-31-16-8-7-15-29(31)30-23-25(19-21-32(30)37)26-20-22-34-36(24-26)39-35-18-10-9-17-33(35)38(34)28-13-5-2-6-14-28/h1-24H. The third-order valence-electron chi connectivity index (χ3n) is 7.56. The van der Waals surface area contributed by atoms with Crippen molar-refractivity contribution < 1.29 is 4.74 Å². The molecular weight excluding hydrogens is 476 g/mol. The van der Waals surface area contributed by atoms with Crippen LogP contribution in [0.15, 0.2) is 146 Å². The fourth-order valence-corrected chi connectivity index (χ4v) is 5.80. The van der Waals surface area contributed by atoms with Gasteiger partial charge in [0.1, 0.15) is 0 Å². The molecule has 8 rings (SSSR count). The molecule has 0 N–H and O–H groups in total. The Hall–Kier alpha value is -5.28. The van der Waals surface area contributed by atoms with Gasteiger partial charge in [-0.2, -0.15) is 0 Å². The third-order valence-corrected chi connectivity index (χ3v) is 7.56. The Kier molecular flexibility index (Phi) is 4.82. The van der Waals surface area contributed by atoms with Crippen LogP contribution in [0, 0.1) is 0 Å². The molecule has 1 aliphatic heterocycles. The van der Waals surface area contributed by atoms with Crippen molar-refractivity contribution in [2.24, 2.45) is 0 Å². The number of hydrogen-bond donors (Lipinski definition) is 0. The average molecular weight is 501 g/mol. The van der Waals surface area contributed by atoms with Gasteiger partial charge in [0.15, 0.2) is 11.5 Å². The number of hydrogen-bond acceptors (Lipinski definition) is 2. The van der Waals surface area contributed by atoms with Gasteiger partial charge in [0.25, 0.3) is 0 Å². The van der Waals surface area contributed by atoms with Crippen molar-refractivity contribution in [1.29, 1.82) is 0 Å². The Morgan fingerprint density at radius 3 is 1.87 bits per heavy atom. The van der Waals surface area contributed by atoms with E-state index in [1.807, 2.05) is 18.2 Å². The Labute approximate surface area is 226 Å². The van der Waals surface area contributed by atoms with E-state index < -0.39 is 0 Å². The number of para-hydroxylation sites is 5. The number of benzene rings is 6. The van der Waals surface area contributed by atoms with E-state index in [1.165, 1.54) is 27.5 Å². The molecule has 1 aliphatic rings. The maximum Gasteiger partial charge on any atom is 0.152 e. The lowest BCUT2D eigenvalue weighted by Gasteiger charge is -2.33. The van der Waals surface area contributed by atoms with E-state index in [4.69, 9.17) is 4.74 Å². The number of aromatic nitrogens is 1. The predicted octanol–water partition coefficient (Wildman–Crippen LogP) is 10.0. The second-order valence-electron chi connectivity index (χ2n) is 9.84. The van der Waals surface area contributed by atoms with Crippen LogP contribution in [0.5, 0.6) is 11.5 Å². The monoisotopic (exact) mass is 500 g/mol. The molecule has 0 aliphatic carbocycles. The van der Waals surface area contributed by atoms with Crippen molar-refractivity contribution in [1.82, 2.24) is 4.57 Å². The first-order valence-corrected chi connectivity index (χ1v) is 13.2. The first kappa shape index (κ1) is 21.8.